The van der Waals surface area contributed by atoms with Gasteiger partial charge in [-0.05, 0) is 24.3 Å². The second-order valence-corrected chi connectivity index (χ2v) is 6.14. The van der Waals surface area contributed by atoms with E-state index in [0.29, 0.717) is 23.6 Å². The summed E-state index contributed by atoms with van der Waals surface area (Å²) in [6.07, 6.45) is 4.71. The van der Waals surface area contributed by atoms with E-state index < -0.39 is 0 Å². The number of imidazole rings is 1. The van der Waals surface area contributed by atoms with Crippen LogP contribution in [0.25, 0.3) is 5.52 Å². The molecule has 1 amide bonds. The van der Waals surface area contributed by atoms with Gasteiger partial charge in [-0.25, -0.2) is 4.98 Å². The van der Waals surface area contributed by atoms with Crippen LogP contribution in [0.15, 0.2) is 54.9 Å². The third-order valence-electron chi connectivity index (χ3n) is 3.91. The number of hydrogen-bond acceptors (Lipinski definition) is 3. The maximum Gasteiger partial charge on any atom is 0.220 e. The van der Waals surface area contributed by atoms with Gasteiger partial charge in [0.2, 0.25) is 5.91 Å². The van der Waals surface area contributed by atoms with Crippen LogP contribution in [0.1, 0.15) is 29.0 Å². The molecule has 3 rings (SSSR count). The average Bonchev–Trinajstić information content (AvgIpc) is 3.03. The van der Waals surface area contributed by atoms with Gasteiger partial charge >= 0.3 is 0 Å². The number of carbonyl (C=O) groups excluding carboxylic acids is 2. The third kappa shape index (κ3) is 4.45. The van der Waals surface area contributed by atoms with Crippen molar-refractivity contribution in [2.24, 2.45) is 0 Å². The molecule has 6 heteroatoms. The van der Waals surface area contributed by atoms with E-state index in [1.165, 1.54) is 0 Å². The van der Waals surface area contributed by atoms with Crippen molar-refractivity contribution in [2.45, 2.75) is 19.3 Å². The highest BCUT2D eigenvalue weighted by Crippen LogP contribution is 2.13. The molecule has 0 spiro atoms. The number of pyridine rings is 1. The lowest BCUT2D eigenvalue weighted by atomic mass is 10.1. The monoisotopic (exact) mass is 355 g/mol. The Bertz CT molecular complexity index is 904. The van der Waals surface area contributed by atoms with Gasteiger partial charge in [0.05, 0.1) is 11.7 Å². The van der Waals surface area contributed by atoms with E-state index in [1.54, 1.807) is 30.5 Å². The number of halogens is 1. The molecule has 0 unspecified atom stereocenters. The summed E-state index contributed by atoms with van der Waals surface area (Å²) in [4.78, 5) is 28.3. The third-order valence-corrected chi connectivity index (χ3v) is 4.15. The molecule has 128 valence electrons. The van der Waals surface area contributed by atoms with E-state index in [-0.39, 0.29) is 24.5 Å². The normalized spacial score (nSPS) is 10.8. The highest BCUT2D eigenvalue weighted by atomic mass is 35.5. The molecule has 3 aromatic rings. The fourth-order valence-corrected chi connectivity index (χ4v) is 2.81. The minimum Gasteiger partial charge on any atom is -0.356 e. The van der Waals surface area contributed by atoms with Crippen molar-refractivity contribution in [3.8, 4) is 0 Å². The molecule has 1 N–H and O–H groups in total. The Morgan fingerprint density at radius 3 is 2.84 bits per heavy atom. The summed E-state index contributed by atoms with van der Waals surface area (Å²) in [6, 6.07) is 12.6. The second kappa shape index (κ2) is 7.94. The van der Waals surface area contributed by atoms with E-state index in [9.17, 15) is 9.59 Å². The molecule has 0 saturated heterocycles. The molecule has 0 bridgehead atoms. The van der Waals surface area contributed by atoms with Gasteiger partial charge in [0.15, 0.2) is 5.78 Å². The fourth-order valence-electron chi connectivity index (χ4n) is 2.62. The predicted molar refractivity (Wildman–Crippen MR) is 96.9 cm³/mol. The van der Waals surface area contributed by atoms with Crippen molar-refractivity contribution in [2.75, 3.05) is 6.54 Å². The molecule has 2 heterocycles. The summed E-state index contributed by atoms with van der Waals surface area (Å²) < 4.78 is 1.99. The molecule has 5 nitrogen and oxygen atoms in total. The number of carbonyl (C=O) groups is 2. The predicted octanol–water partition coefficient (Wildman–Crippen LogP) is 3.31. The first-order valence-electron chi connectivity index (χ1n) is 8.10. The zero-order valence-electron chi connectivity index (χ0n) is 13.6. The van der Waals surface area contributed by atoms with Crippen LogP contribution in [0, 0.1) is 0 Å². The van der Waals surface area contributed by atoms with E-state index in [4.69, 9.17) is 11.6 Å². The topological polar surface area (TPSA) is 63.5 Å². The van der Waals surface area contributed by atoms with Crippen molar-refractivity contribution in [3.05, 3.63) is 71.3 Å². The van der Waals surface area contributed by atoms with Crippen LogP contribution in [-0.4, -0.2) is 27.6 Å². The van der Waals surface area contributed by atoms with E-state index in [0.717, 1.165) is 11.3 Å². The van der Waals surface area contributed by atoms with Crippen molar-refractivity contribution < 1.29 is 9.59 Å². The lowest BCUT2D eigenvalue weighted by Gasteiger charge is -2.05. The number of nitrogens with one attached hydrogen (secondary N) is 1. The molecule has 0 aliphatic carbocycles. The zero-order valence-corrected chi connectivity index (χ0v) is 14.4. The molecular weight excluding hydrogens is 338 g/mol. The van der Waals surface area contributed by atoms with Gasteiger partial charge in [-0.1, -0.05) is 29.8 Å². The van der Waals surface area contributed by atoms with Gasteiger partial charge in [0.1, 0.15) is 5.82 Å². The lowest BCUT2D eigenvalue weighted by Crippen LogP contribution is -2.26. The Labute approximate surface area is 150 Å². The Hall–Kier alpha value is -2.66. The van der Waals surface area contributed by atoms with Gasteiger partial charge in [-0.15, -0.1) is 0 Å². The van der Waals surface area contributed by atoms with Crippen LogP contribution in [0.4, 0.5) is 0 Å². The minimum atomic E-state index is -0.142. The molecule has 1 aromatic carbocycles. The van der Waals surface area contributed by atoms with Crippen LogP contribution in [0.5, 0.6) is 0 Å². The fraction of sp³-hybridized carbons (Fsp3) is 0.211. The largest absolute Gasteiger partial charge is 0.356 e. The second-order valence-electron chi connectivity index (χ2n) is 5.70. The van der Waals surface area contributed by atoms with Crippen molar-refractivity contribution >= 4 is 28.8 Å². The Balaban J connectivity index is 1.44. The van der Waals surface area contributed by atoms with Crippen molar-refractivity contribution in [1.29, 1.82) is 0 Å². The standard InChI is InChI=1S/C19H18ClN3O2/c20-15-5-3-4-14(12-15)17(24)7-8-19(25)21-10-9-18-22-13-16-6-1-2-11-23(16)18/h1-6,11-13H,7-10H2,(H,21,25). The Morgan fingerprint density at radius 2 is 2.00 bits per heavy atom. The van der Waals surface area contributed by atoms with Gasteiger partial charge in [0.25, 0.3) is 0 Å². The number of hydrogen-bond donors (Lipinski definition) is 1. The number of ketones is 1. The minimum absolute atomic E-state index is 0.0862. The molecule has 0 aliphatic rings. The molecule has 0 fully saturated rings. The molecule has 0 atom stereocenters. The summed E-state index contributed by atoms with van der Waals surface area (Å²) in [6.45, 7) is 0.484. The summed E-state index contributed by atoms with van der Waals surface area (Å²) >= 11 is 5.87. The first-order valence-corrected chi connectivity index (χ1v) is 8.48. The van der Waals surface area contributed by atoms with Crippen LogP contribution < -0.4 is 5.32 Å². The highest BCUT2D eigenvalue weighted by Gasteiger charge is 2.10. The summed E-state index contributed by atoms with van der Waals surface area (Å²) in [5.74, 6) is 0.666. The molecule has 0 saturated carbocycles. The van der Waals surface area contributed by atoms with E-state index in [1.807, 2.05) is 28.8 Å². The number of benzene rings is 1. The van der Waals surface area contributed by atoms with Gasteiger partial charge in [-0.2, -0.15) is 0 Å². The Morgan fingerprint density at radius 1 is 1.12 bits per heavy atom. The summed E-state index contributed by atoms with van der Waals surface area (Å²) in [5, 5.41) is 3.35. The smallest absolute Gasteiger partial charge is 0.220 e. The maximum atomic E-state index is 12.1. The number of aromatic nitrogens is 2. The number of rotatable bonds is 7. The van der Waals surface area contributed by atoms with Gasteiger partial charge < -0.3 is 9.72 Å². The molecule has 0 aliphatic heterocycles. The van der Waals surface area contributed by atoms with Gasteiger partial charge in [-0.3, -0.25) is 9.59 Å². The first-order chi connectivity index (χ1) is 12.1. The first kappa shape index (κ1) is 17.2. The number of nitrogens with zero attached hydrogens (tertiary/aromatic N) is 2. The Kier molecular flexibility index (Phi) is 5.46. The quantitative estimate of drug-likeness (QED) is 0.661. The SMILES string of the molecule is O=C(CCC(=O)c1cccc(Cl)c1)NCCc1ncc2ccccn12. The number of amides is 1. The zero-order chi connectivity index (χ0) is 17.6. The van der Waals surface area contributed by atoms with Crippen LogP contribution >= 0.6 is 11.6 Å². The number of Topliss-reactive ketones (excluding diaryl/α,β-unsaturated/α-hetero) is 1. The molecule has 2 aromatic heterocycles. The van der Waals surface area contributed by atoms with Crippen molar-refractivity contribution in [3.63, 3.8) is 0 Å². The van der Waals surface area contributed by atoms with E-state index >= 15 is 0 Å². The van der Waals surface area contributed by atoms with Crippen LogP contribution in [-0.2, 0) is 11.2 Å². The summed E-state index contributed by atoms with van der Waals surface area (Å²) in [7, 11) is 0. The molecule has 25 heavy (non-hydrogen) atoms. The van der Waals surface area contributed by atoms with Crippen LogP contribution in [0.2, 0.25) is 5.02 Å². The number of fused-ring (bicyclic) bond motifs is 1. The van der Waals surface area contributed by atoms with Crippen LogP contribution in [0.3, 0.4) is 0 Å². The summed E-state index contributed by atoms with van der Waals surface area (Å²) in [5.41, 5.74) is 1.56. The highest BCUT2D eigenvalue weighted by molar-refractivity contribution is 6.31. The lowest BCUT2D eigenvalue weighted by molar-refractivity contribution is -0.121. The maximum absolute atomic E-state index is 12.1. The molecular formula is C19H18ClN3O2. The molecule has 0 radical (unpaired) electrons. The average molecular weight is 356 g/mol. The van der Waals surface area contributed by atoms with Gasteiger partial charge in [0, 0.05) is 42.6 Å². The van der Waals surface area contributed by atoms with Crippen molar-refractivity contribution in [1.82, 2.24) is 14.7 Å². The van der Waals surface area contributed by atoms with E-state index in [2.05, 4.69) is 10.3 Å².